The van der Waals surface area contributed by atoms with Crippen molar-refractivity contribution in [2.45, 2.75) is 0 Å². The zero-order valence-corrected chi connectivity index (χ0v) is 7.07. The molecule has 1 aromatic heterocycles. The molecule has 0 radical (unpaired) electrons. The zero-order valence-electron chi connectivity index (χ0n) is 7.07. The lowest BCUT2D eigenvalue weighted by Crippen LogP contribution is -1.81. The van der Waals surface area contributed by atoms with E-state index in [1.807, 2.05) is 12.1 Å². The van der Waals surface area contributed by atoms with E-state index in [-0.39, 0.29) is 5.75 Å². The molecule has 2 nitrogen and oxygen atoms in total. The third-order valence-electron chi connectivity index (χ3n) is 1.90. The summed E-state index contributed by atoms with van der Waals surface area (Å²) in [5.74, 6) is 0.264. The largest absolute Gasteiger partial charge is 0.508 e. The average molecular weight is 171 g/mol. The second-order valence-corrected chi connectivity index (χ2v) is 2.82. The summed E-state index contributed by atoms with van der Waals surface area (Å²) in [4.78, 5) is 4.31. The maximum absolute atomic E-state index is 9.21. The first kappa shape index (κ1) is 7.80. The van der Waals surface area contributed by atoms with Crippen molar-refractivity contribution in [2.75, 3.05) is 0 Å². The fourth-order valence-electron chi connectivity index (χ4n) is 1.24. The van der Waals surface area contributed by atoms with Crippen molar-refractivity contribution in [3.05, 3.63) is 42.6 Å². The third kappa shape index (κ3) is 1.38. The Morgan fingerprint density at radius 3 is 2.85 bits per heavy atom. The Morgan fingerprint density at radius 2 is 2.08 bits per heavy atom. The molecule has 0 amide bonds. The van der Waals surface area contributed by atoms with Gasteiger partial charge in [0, 0.05) is 5.39 Å². The molecular formula is C11H9NO. The summed E-state index contributed by atoms with van der Waals surface area (Å²) in [7, 11) is 0. The molecule has 13 heavy (non-hydrogen) atoms. The van der Waals surface area contributed by atoms with Crippen LogP contribution in [0.4, 0.5) is 0 Å². The summed E-state index contributed by atoms with van der Waals surface area (Å²) >= 11 is 0. The Morgan fingerprint density at radius 1 is 1.23 bits per heavy atom. The third-order valence-corrected chi connectivity index (χ3v) is 1.90. The van der Waals surface area contributed by atoms with Gasteiger partial charge in [-0.2, -0.15) is 0 Å². The maximum atomic E-state index is 9.21. The molecule has 0 spiro atoms. The number of nitrogens with zero attached hydrogens (tertiary/aromatic N) is 1. The number of aromatic hydroxyl groups is 1. The van der Waals surface area contributed by atoms with Crippen molar-refractivity contribution in [2.24, 2.45) is 0 Å². The van der Waals surface area contributed by atoms with Crippen molar-refractivity contribution in [1.82, 2.24) is 4.98 Å². The number of phenols is 1. The molecule has 0 unspecified atom stereocenters. The highest BCUT2D eigenvalue weighted by atomic mass is 16.3. The molecule has 2 aromatic rings. The first-order valence-electron chi connectivity index (χ1n) is 4.02. The van der Waals surface area contributed by atoms with Gasteiger partial charge in [-0.25, -0.2) is 4.98 Å². The fraction of sp³-hybridized carbons (Fsp3) is 0. The Balaban J connectivity index is 2.73. The minimum absolute atomic E-state index is 0.264. The Kier molecular flexibility index (Phi) is 1.74. The van der Waals surface area contributed by atoms with Gasteiger partial charge in [-0.05, 0) is 30.3 Å². The lowest BCUT2D eigenvalue weighted by Gasteiger charge is -1.98. The zero-order chi connectivity index (χ0) is 9.26. The van der Waals surface area contributed by atoms with Crippen molar-refractivity contribution < 1.29 is 5.11 Å². The van der Waals surface area contributed by atoms with Gasteiger partial charge in [-0.15, -0.1) is 0 Å². The maximum Gasteiger partial charge on any atom is 0.116 e. The van der Waals surface area contributed by atoms with Gasteiger partial charge < -0.3 is 5.11 Å². The summed E-state index contributed by atoms with van der Waals surface area (Å²) < 4.78 is 0. The van der Waals surface area contributed by atoms with Crippen LogP contribution in [-0.4, -0.2) is 10.1 Å². The molecule has 0 aliphatic heterocycles. The van der Waals surface area contributed by atoms with Gasteiger partial charge in [-0.1, -0.05) is 12.6 Å². The molecule has 0 atom stereocenters. The molecule has 0 aliphatic rings. The molecular weight excluding hydrogens is 162 g/mol. The van der Waals surface area contributed by atoms with E-state index in [2.05, 4.69) is 11.6 Å². The van der Waals surface area contributed by atoms with Crippen molar-refractivity contribution in [3.63, 3.8) is 0 Å². The molecule has 2 heteroatoms. The van der Waals surface area contributed by atoms with Crippen molar-refractivity contribution in [3.8, 4) is 5.75 Å². The van der Waals surface area contributed by atoms with Crippen LogP contribution in [0.2, 0.25) is 0 Å². The van der Waals surface area contributed by atoms with Crippen LogP contribution in [0.5, 0.6) is 5.75 Å². The predicted molar refractivity (Wildman–Crippen MR) is 53.5 cm³/mol. The number of rotatable bonds is 1. The number of hydrogen-bond donors (Lipinski definition) is 1. The first-order chi connectivity index (χ1) is 6.29. The standard InChI is InChI=1S/C11H9NO/c1-2-9-4-3-8-7-10(13)5-6-11(8)12-9/h2-7,13H,1H2. The number of pyridine rings is 1. The fourth-order valence-corrected chi connectivity index (χ4v) is 1.24. The molecule has 1 heterocycles. The van der Waals surface area contributed by atoms with Gasteiger partial charge in [0.25, 0.3) is 0 Å². The topological polar surface area (TPSA) is 33.1 Å². The summed E-state index contributed by atoms with van der Waals surface area (Å²) in [6, 6.07) is 8.89. The van der Waals surface area contributed by atoms with Crippen LogP contribution < -0.4 is 0 Å². The predicted octanol–water partition coefficient (Wildman–Crippen LogP) is 2.58. The molecule has 0 bridgehead atoms. The van der Waals surface area contributed by atoms with Gasteiger partial charge in [-0.3, -0.25) is 0 Å². The van der Waals surface area contributed by atoms with Gasteiger partial charge >= 0.3 is 0 Å². The van der Waals surface area contributed by atoms with Crippen LogP contribution in [-0.2, 0) is 0 Å². The van der Waals surface area contributed by atoms with Crippen LogP contribution in [0.1, 0.15) is 5.69 Å². The smallest absolute Gasteiger partial charge is 0.116 e. The average Bonchev–Trinajstić information content (AvgIpc) is 2.17. The minimum atomic E-state index is 0.264. The lowest BCUT2D eigenvalue weighted by atomic mass is 10.2. The van der Waals surface area contributed by atoms with Crippen LogP contribution in [0, 0.1) is 0 Å². The van der Waals surface area contributed by atoms with E-state index >= 15 is 0 Å². The van der Waals surface area contributed by atoms with Gasteiger partial charge in [0.2, 0.25) is 0 Å². The highest BCUT2D eigenvalue weighted by Crippen LogP contribution is 2.18. The molecule has 0 aliphatic carbocycles. The molecule has 0 saturated heterocycles. The van der Waals surface area contributed by atoms with Gasteiger partial charge in [0.05, 0.1) is 11.2 Å². The first-order valence-corrected chi connectivity index (χ1v) is 4.02. The van der Waals surface area contributed by atoms with Crippen LogP contribution in [0.25, 0.3) is 17.0 Å². The molecule has 0 saturated carbocycles. The van der Waals surface area contributed by atoms with Crippen molar-refractivity contribution >= 4 is 17.0 Å². The second kappa shape index (κ2) is 2.90. The Hall–Kier alpha value is -1.83. The van der Waals surface area contributed by atoms with E-state index in [1.165, 1.54) is 0 Å². The SMILES string of the molecule is C=Cc1ccc2cc(O)ccc2n1. The van der Waals surface area contributed by atoms with E-state index in [0.29, 0.717) is 0 Å². The van der Waals surface area contributed by atoms with Gasteiger partial charge in [0.1, 0.15) is 5.75 Å². The lowest BCUT2D eigenvalue weighted by molar-refractivity contribution is 0.476. The summed E-state index contributed by atoms with van der Waals surface area (Å²) in [5.41, 5.74) is 1.72. The summed E-state index contributed by atoms with van der Waals surface area (Å²) in [6.07, 6.45) is 1.70. The van der Waals surface area contributed by atoms with E-state index in [4.69, 9.17) is 0 Å². The highest BCUT2D eigenvalue weighted by Gasteiger charge is 1.96. The van der Waals surface area contributed by atoms with E-state index < -0.39 is 0 Å². The van der Waals surface area contributed by atoms with E-state index in [9.17, 15) is 5.11 Å². The normalized spacial score (nSPS) is 10.2. The van der Waals surface area contributed by atoms with E-state index in [0.717, 1.165) is 16.6 Å². The molecule has 0 fully saturated rings. The Labute approximate surface area is 76.2 Å². The number of hydrogen-bond acceptors (Lipinski definition) is 2. The molecule has 64 valence electrons. The number of aromatic nitrogens is 1. The van der Waals surface area contributed by atoms with Crippen LogP contribution in [0.3, 0.4) is 0 Å². The molecule has 1 aromatic carbocycles. The Bertz CT molecular complexity index is 463. The molecule has 1 N–H and O–H groups in total. The van der Waals surface area contributed by atoms with Crippen LogP contribution >= 0.6 is 0 Å². The number of phenolic OH excluding ortho intramolecular Hbond substituents is 1. The van der Waals surface area contributed by atoms with Crippen molar-refractivity contribution in [1.29, 1.82) is 0 Å². The quantitative estimate of drug-likeness (QED) is 0.715. The number of fused-ring (bicyclic) bond motifs is 1. The summed E-state index contributed by atoms with van der Waals surface area (Å²) in [6.45, 7) is 3.64. The monoisotopic (exact) mass is 171 g/mol. The second-order valence-electron chi connectivity index (χ2n) is 2.82. The number of benzene rings is 1. The van der Waals surface area contributed by atoms with Crippen LogP contribution in [0.15, 0.2) is 36.9 Å². The van der Waals surface area contributed by atoms with Gasteiger partial charge in [0.15, 0.2) is 0 Å². The highest BCUT2D eigenvalue weighted by molar-refractivity contribution is 5.81. The van der Waals surface area contributed by atoms with E-state index in [1.54, 1.807) is 24.3 Å². The summed E-state index contributed by atoms with van der Waals surface area (Å²) in [5, 5.41) is 10.1. The minimum Gasteiger partial charge on any atom is -0.508 e. The molecule has 2 rings (SSSR count).